The van der Waals surface area contributed by atoms with Gasteiger partial charge < -0.3 is 10.2 Å². The van der Waals surface area contributed by atoms with E-state index in [1.54, 1.807) is 0 Å². The van der Waals surface area contributed by atoms with Crippen LogP contribution in [0, 0.1) is 5.92 Å². The first-order chi connectivity index (χ1) is 12.5. The average molecular weight is 363 g/mol. The van der Waals surface area contributed by atoms with Crippen LogP contribution in [0.1, 0.15) is 44.7 Å². The van der Waals surface area contributed by atoms with Crippen LogP contribution in [0.3, 0.4) is 0 Å². The van der Waals surface area contributed by atoms with Gasteiger partial charge in [-0.3, -0.25) is 0 Å². The van der Waals surface area contributed by atoms with Gasteiger partial charge >= 0.3 is 11.4 Å². The SMILES string of the molecule is CC(C)CCCC(c1ccccc1)n1c(=O)n(CCO)n(CCO)c1=O. The van der Waals surface area contributed by atoms with Crippen LogP contribution in [0.25, 0.3) is 0 Å². The molecule has 0 saturated carbocycles. The van der Waals surface area contributed by atoms with Crippen molar-refractivity contribution in [2.45, 2.75) is 52.2 Å². The fourth-order valence-electron chi connectivity index (χ4n) is 3.27. The maximum atomic E-state index is 12.9. The van der Waals surface area contributed by atoms with Crippen molar-refractivity contribution in [3.63, 3.8) is 0 Å². The van der Waals surface area contributed by atoms with E-state index in [4.69, 9.17) is 0 Å². The zero-order chi connectivity index (χ0) is 19.1. The Labute approximate surface area is 153 Å². The van der Waals surface area contributed by atoms with Crippen LogP contribution < -0.4 is 11.4 Å². The summed E-state index contributed by atoms with van der Waals surface area (Å²) in [5.41, 5.74) is 0.0135. The maximum absolute atomic E-state index is 12.9. The second-order valence-corrected chi connectivity index (χ2v) is 6.88. The highest BCUT2D eigenvalue weighted by atomic mass is 16.3. The van der Waals surface area contributed by atoms with Gasteiger partial charge in [0, 0.05) is 0 Å². The Morgan fingerprint density at radius 1 is 0.885 bits per heavy atom. The van der Waals surface area contributed by atoms with Crippen molar-refractivity contribution in [2.24, 2.45) is 5.92 Å². The third-order valence-electron chi connectivity index (χ3n) is 4.52. The molecule has 2 aromatic rings. The molecule has 0 aliphatic carbocycles. The van der Waals surface area contributed by atoms with E-state index in [0.29, 0.717) is 12.3 Å². The zero-order valence-electron chi connectivity index (χ0n) is 15.5. The smallest absolute Gasteiger partial charge is 0.347 e. The molecule has 1 heterocycles. The maximum Gasteiger partial charge on any atom is 0.347 e. The minimum atomic E-state index is -0.448. The molecule has 0 amide bonds. The standard InChI is InChI=1S/C19H29N3O4/c1-15(2)7-6-10-17(16-8-4-3-5-9-16)22-18(25)20(11-13-23)21(12-14-24)19(22)26/h3-5,8-9,15,17,23-24H,6-7,10-14H2,1-2H3. The van der Waals surface area contributed by atoms with Crippen LogP contribution >= 0.6 is 0 Å². The third-order valence-corrected chi connectivity index (χ3v) is 4.52. The van der Waals surface area contributed by atoms with E-state index in [1.165, 1.54) is 13.9 Å². The van der Waals surface area contributed by atoms with Crippen molar-refractivity contribution in [3.8, 4) is 0 Å². The molecule has 0 fully saturated rings. The lowest BCUT2D eigenvalue weighted by atomic mass is 9.98. The number of aliphatic hydroxyl groups excluding tert-OH is 2. The average Bonchev–Trinajstić information content (AvgIpc) is 2.84. The molecule has 0 radical (unpaired) electrons. The Morgan fingerprint density at radius 3 is 1.88 bits per heavy atom. The predicted octanol–water partition coefficient (Wildman–Crippen LogP) is 1.21. The molecule has 1 aromatic carbocycles. The van der Waals surface area contributed by atoms with Crippen molar-refractivity contribution in [1.82, 2.24) is 13.9 Å². The molecule has 2 N–H and O–H groups in total. The van der Waals surface area contributed by atoms with Gasteiger partial charge in [-0.15, -0.1) is 0 Å². The molecule has 1 unspecified atom stereocenters. The quantitative estimate of drug-likeness (QED) is 0.664. The van der Waals surface area contributed by atoms with Crippen LogP contribution in [0.4, 0.5) is 0 Å². The summed E-state index contributed by atoms with van der Waals surface area (Å²) in [6, 6.07) is 9.18. The van der Waals surface area contributed by atoms with Gasteiger partial charge in [0.15, 0.2) is 0 Å². The fraction of sp³-hybridized carbons (Fsp3) is 0.579. The largest absolute Gasteiger partial charge is 0.394 e. The number of rotatable bonds is 10. The summed E-state index contributed by atoms with van der Waals surface area (Å²) in [6.45, 7) is 3.84. The first-order valence-electron chi connectivity index (χ1n) is 9.20. The Kier molecular flexibility index (Phi) is 7.41. The molecular weight excluding hydrogens is 334 g/mol. The van der Waals surface area contributed by atoms with Gasteiger partial charge in [0.25, 0.3) is 0 Å². The number of hydrogen-bond acceptors (Lipinski definition) is 4. The highest BCUT2D eigenvalue weighted by Gasteiger charge is 2.23. The van der Waals surface area contributed by atoms with Gasteiger partial charge in [-0.25, -0.2) is 23.5 Å². The highest BCUT2D eigenvalue weighted by molar-refractivity contribution is 5.19. The molecule has 1 atom stereocenters. The van der Waals surface area contributed by atoms with Crippen molar-refractivity contribution in [2.75, 3.05) is 13.2 Å². The molecular formula is C19H29N3O4. The van der Waals surface area contributed by atoms with Gasteiger partial charge in [0.05, 0.1) is 32.3 Å². The summed E-state index contributed by atoms with van der Waals surface area (Å²) >= 11 is 0. The Bertz CT molecular complexity index is 752. The van der Waals surface area contributed by atoms with Crippen LogP contribution in [0.15, 0.2) is 39.9 Å². The van der Waals surface area contributed by atoms with Crippen molar-refractivity contribution < 1.29 is 10.2 Å². The molecule has 0 spiro atoms. The summed E-state index contributed by atoms with van der Waals surface area (Å²) in [6.07, 6.45) is 2.59. The van der Waals surface area contributed by atoms with E-state index in [-0.39, 0.29) is 32.3 Å². The second kappa shape index (κ2) is 9.54. The molecule has 26 heavy (non-hydrogen) atoms. The number of aliphatic hydroxyl groups is 2. The van der Waals surface area contributed by atoms with Crippen molar-refractivity contribution in [1.29, 1.82) is 0 Å². The molecule has 2 rings (SSSR count). The number of nitrogens with zero attached hydrogens (tertiary/aromatic N) is 3. The Hall–Kier alpha value is -2.12. The second-order valence-electron chi connectivity index (χ2n) is 6.88. The summed E-state index contributed by atoms with van der Waals surface area (Å²) in [5, 5.41) is 18.5. The van der Waals surface area contributed by atoms with Gasteiger partial charge in [-0.05, 0) is 17.9 Å². The number of benzene rings is 1. The van der Waals surface area contributed by atoms with E-state index in [1.807, 2.05) is 30.3 Å². The molecule has 0 aliphatic heterocycles. The molecule has 0 bridgehead atoms. The van der Waals surface area contributed by atoms with E-state index in [2.05, 4.69) is 13.8 Å². The van der Waals surface area contributed by atoms with E-state index >= 15 is 0 Å². The minimum absolute atomic E-state index is 0.0224. The normalized spacial score (nSPS) is 12.7. The van der Waals surface area contributed by atoms with E-state index in [9.17, 15) is 19.8 Å². The summed E-state index contributed by atoms with van der Waals surface area (Å²) in [5.74, 6) is 0.549. The summed E-state index contributed by atoms with van der Waals surface area (Å²) < 4.78 is 3.70. The number of hydrogen-bond donors (Lipinski definition) is 2. The van der Waals surface area contributed by atoms with Gasteiger partial charge in [-0.2, -0.15) is 0 Å². The first-order valence-corrected chi connectivity index (χ1v) is 9.20. The topological polar surface area (TPSA) is 89.4 Å². The van der Waals surface area contributed by atoms with Gasteiger partial charge in [-0.1, -0.05) is 57.0 Å². The first kappa shape index (κ1) is 20.2. The van der Waals surface area contributed by atoms with Gasteiger partial charge in [0.2, 0.25) is 0 Å². The Morgan fingerprint density at radius 2 is 1.42 bits per heavy atom. The van der Waals surface area contributed by atoms with Crippen LogP contribution in [0.5, 0.6) is 0 Å². The number of aromatic nitrogens is 3. The summed E-state index contributed by atoms with van der Waals surface area (Å²) in [4.78, 5) is 25.8. The molecule has 144 valence electrons. The molecule has 0 aliphatic rings. The lowest BCUT2D eigenvalue weighted by Gasteiger charge is -2.18. The van der Waals surface area contributed by atoms with Gasteiger partial charge in [0.1, 0.15) is 0 Å². The zero-order valence-corrected chi connectivity index (χ0v) is 15.5. The lowest BCUT2D eigenvalue weighted by Crippen LogP contribution is -2.34. The van der Waals surface area contributed by atoms with Crippen molar-refractivity contribution >= 4 is 0 Å². The summed E-state index contributed by atoms with van der Waals surface area (Å²) in [7, 11) is 0. The highest BCUT2D eigenvalue weighted by Crippen LogP contribution is 2.23. The van der Waals surface area contributed by atoms with E-state index < -0.39 is 11.4 Å². The monoisotopic (exact) mass is 363 g/mol. The molecule has 7 nitrogen and oxygen atoms in total. The lowest BCUT2D eigenvalue weighted by molar-refractivity contribution is 0.226. The fourth-order valence-corrected chi connectivity index (χ4v) is 3.27. The Balaban J connectivity index is 2.52. The van der Waals surface area contributed by atoms with Crippen LogP contribution in [0.2, 0.25) is 0 Å². The van der Waals surface area contributed by atoms with Crippen LogP contribution in [-0.2, 0) is 13.1 Å². The minimum Gasteiger partial charge on any atom is -0.394 e. The van der Waals surface area contributed by atoms with Crippen molar-refractivity contribution in [3.05, 3.63) is 56.9 Å². The predicted molar refractivity (Wildman–Crippen MR) is 100 cm³/mol. The molecule has 7 heteroatoms. The molecule has 1 aromatic heterocycles. The molecule has 0 saturated heterocycles. The third kappa shape index (κ3) is 4.53. The van der Waals surface area contributed by atoms with Crippen LogP contribution in [-0.4, -0.2) is 37.4 Å². The van der Waals surface area contributed by atoms with E-state index in [0.717, 1.165) is 18.4 Å².